The summed E-state index contributed by atoms with van der Waals surface area (Å²) in [6.07, 6.45) is 3.34. The number of nitrogens with two attached hydrogens (primary N) is 1. The first-order valence-electron chi connectivity index (χ1n) is 3.56. The normalized spacial score (nSPS) is 13.1. The van der Waals surface area contributed by atoms with Gasteiger partial charge >= 0.3 is 0 Å². The predicted molar refractivity (Wildman–Crippen MR) is 40.5 cm³/mol. The van der Waals surface area contributed by atoms with E-state index in [9.17, 15) is 0 Å². The Hall–Kier alpha value is -0.370. The molecule has 0 amide bonds. The Morgan fingerprint density at radius 2 is 2.22 bits per heavy atom. The van der Waals surface area contributed by atoms with Crippen molar-refractivity contribution >= 4 is 6.72 Å². The SMILES string of the molecule is C=[NH+]CCC(N)CCC. The molecule has 1 atom stereocenters. The summed E-state index contributed by atoms with van der Waals surface area (Å²) in [6.45, 7) is 6.59. The molecule has 0 spiro atoms. The maximum absolute atomic E-state index is 5.70. The second kappa shape index (κ2) is 5.76. The summed E-state index contributed by atoms with van der Waals surface area (Å²) in [5, 5.41) is 0. The third-order valence-corrected chi connectivity index (χ3v) is 1.35. The Balaban J connectivity index is 3.04. The molecule has 1 unspecified atom stereocenters. The molecule has 54 valence electrons. The summed E-state index contributed by atoms with van der Waals surface area (Å²) in [5.74, 6) is 0. The molecular weight excluding hydrogens is 112 g/mol. The quantitative estimate of drug-likeness (QED) is 0.473. The number of rotatable bonds is 5. The number of hydrogen-bond donors (Lipinski definition) is 2. The highest BCUT2D eigenvalue weighted by Gasteiger charge is 1.99. The van der Waals surface area contributed by atoms with Crippen molar-refractivity contribution in [1.29, 1.82) is 0 Å². The van der Waals surface area contributed by atoms with Gasteiger partial charge in [0.2, 0.25) is 0 Å². The molecule has 2 heteroatoms. The maximum Gasteiger partial charge on any atom is 0.141 e. The Kier molecular flexibility index (Phi) is 5.52. The van der Waals surface area contributed by atoms with E-state index in [1.165, 1.54) is 6.42 Å². The molecule has 0 saturated heterocycles. The van der Waals surface area contributed by atoms with Crippen LogP contribution in [0.15, 0.2) is 0 Å². The van der Waals surface area contributed by atoms with Gasteiger partial charge in [0.25, 0.3) is 0 Å². The van der Waals surface area contributed by atoms with E-state index < -0.39 is 0 Å². The predicted octanol–water partition coefficient (Wildman–Crippen LogP) is -0.715. The van der Waals surface area contributed by atoms with Crippen LogP contribution in [0, 0.1) is 0 Å². The Labute approximate surface area is 57.2 Å². The van der Waals surface area contributed by atoms with Gasteiger partial charge in [-0.05, 0) is 6.42 Å². The van der Waals surface area contributed by atoms with E-state index in [0.29, 0.717) is 6.04 Å². The van der Waals surface area contributed by atoms with Crippen LogP contribution in [0.25, 0.3) is 0 Å². The molecule has 9 heavy (non-hydrogen) atoms. The van der Waals surface area contributed by atoms with Crippen LogP contribution in [0.1, 0.15) is 26.2 Å². The molecule has 0 bridgehead atoms. The largest absolute Gasteiger partial charge is 0.327 e. The standard InChI is InChI=1S/C7H16N2/c1-3-4-7(8)5-6-9-2/h7H,2-6,8H2,1H3/p+1. The van der Waals surface area contributed by atoms with Gasteiger partial charge in [0.05, 0.1) is 0 Å². The molecule has 0 rings (SSSR count). The zero-order chi connectivity index (χ0) is 7.11. The Morgan fingerprint density at radius 3 is 2.67 bits per heavy atom. The van der Waals surface area contributed by atoms with Gasteiger partial charge in [0.1, 0.15) is 13.3 Å². The minimum absolute atomic E-state index is 0.365. The number of nitrogens with one attached hydrogen (secondary N) is 1. The first-order valence-corrected chi connectivity index (χ1v) is 3.56. The van der Waals surface area contributed by atoms with Gasteiger partial charge in [-0.25, -0.2) is 0 Å². The van der Waals surface area contributed by atoms with Crippen molar-refractivity contribution in [2.24, 2.45) is 5.73 Å². The third kappa shape index (κ3) is 5.50. The number of hydrogen-bond acceptors (Lipinski definition) is 1. The van der Waals surface area contributed by atoms with Crippen LogP contribution in [0.4, 0.5) is 0 Å². The minimum Gasteiger partial charge on any atom is -0.327 e. The molecule has 2 nitrogen and oxygen atoms in total. The van der Waals surface area contributed by atoms with E-state index in [2.05, 4.69) is 18.6 Å². The second-order valence-electron chi connectivity index (χ2n) is 2.34. The third-order valence-electron chi connectivity index (χ3n) is 1.35. The zero-order valence-corrected chi connectivity index (χ0v) is 6.19. The molecule has 0 aliphatic rings. The van der Waals surface area contributed by atoms with Crippen molar-refractivity contribution in [1.82, 2.24) is 0 Å². The Bertz CT molecular complexity index is 71.3. The van der Waals surface area contributed by atoms with Crippen molar-refractivity contribution in [3.05, 3.63) is 0 Å². The highest BCUT2D eigenvalue weighted by Crippen LogP contribution is 1.94. The fraction of sp³-hybridized carbons (Fsp3) is 0.857. The molecule has 0 saturated carbocycles. The molecule has 0 aromatic heterocycles. The van der Waals surface area contributed by atoms with Crippen molar-refractivity contribution < 1.29 is 4.99 Å². The van der Waals surface area contributed by atoms with Gasteiger partial charge in [0.15, 0.2) is 0 Å². The summed E-state index contributed by atoms with van der Waals surface area (Å²) in [5.41, 5.74) is 5.70. The summed E-state index contributed by atoms with van der Waals surface area (Å²) in [4.78, 5) is 2.83. The highest BCUT2D eigenvalue weighted by atomic mass is 14.7. The van der Waals surface area contributed by atoms with Crippen molar-refractivity contribution in [2.45, 2.75) is 32.2 Å². The summed E-state index contributed by atoms with van der Waals surface area (Å²) < 4.78 is 0. The first kappa shape index (κ1) is 8.63. The van der Waals surface area contributed by atoms with E-state index in [-0.39, 0.29) is 0 Å². The van der Waals surface area contributed by atoms with Crippen LogP contribution in [0.5, 0.6) is 0 Å². The van der Waals surface area contributed by atoms with Gasteiger partial charge in [0, 0.05) is 12.5 Å². The monoisotopic (exact) mass is 129 g/mol. The van der Waals surface area contributed by atoms with Crippen molar-refractivity contribution in [3.8, 4) is 0 Å². The van der Waals surface area contributed by atoms with Crippen LogP contribution in [-0.4, -0.2) is 19.3 Å². The summed E-state index contributed by atoms with van der Waals surface area (Å²) >= 11 is 0. The smallest absolute Gasteiger partial charge is 0.141 e. The van der Waals surface area contributed by atoms with Crippen LogP contribution in [0.3, 0.4) is 0 Å². The van der Waals surface area contributed by atoms with Crippen LogP contribution in [-0.2, 0) is 0 Å². The maximum atomic E-state index is 5.70. The average Bonchev–Trinajstić information content (AvgIpc) is 1.85. The lowest BCUT2D eigenvalue weighted by atomic mass is 10.1. The first-order chi connectivity index (χ1) is 4.31. The van der Waals surface area contributed by atoms with E-state index in [0.717, 1.165) is 19.4 Å². The molecule has 0 fully saturated rings. The lowest BCUT2D eigenvalue weighted by Crippen LogP contribution is -2.66. The minimum atomic E-state index is 0.365. The van der Waals surface area contributed by atoms with Gasteiger partial charge in [-0.1, -0.05) is 13.3 Å². The highest BCUT2D eigenvalue weighted by molar-refractivity contribution is 5.12. The lowest BCUT2D eigenvalue weighted by molar-refractivity contribution is -0.448. The van der Waals surface area contributed by atoms with Crippen LogP contribution in [0.2, 0.25) is 0 Å². The van der Waals surface area contributed by atoms with E-state index >= 15 is 0 Å². The fourth-order valence-electron chi connectivity index (χ4n) is 0.803. The molecule has 0 aromatic rings. The molecule has 0 aromatic carbocycles. The fourth-order valence-corrected chi connectivity index (χ4v) is 0.803. The zero-order valence-electron chi connectivity index (χ0n) is 6.19. The van der Waals surface area contributed by atoms with E-state index in [1.54, 1.807) is 0 Å². The molecule has 3 N–H and O–H groups in total. The molecule has 0 aliphatic carbocycles. The molecule has 0 radical (unpaired) electrons. The second-order valence-corrected chi connectivity index (χ2v) is 2.34. The molecular formula is C7H17N2+. The summed E-state index contributed by atoms with van der Waals surface area (Å²) in [7, 11) is 0. The average molecular weight is 129 g/mol. The topological polar surface area (TPSA) is 40.0 Å². The van der Waals surface area contributed by atoms with Crippen LogP contribution < -0.4 is 10.7 Å². The van der Waals surface area contributed by atoms with Gasteiger partial charge in [-0.15, -0.1) is 0 Å². The van der Waals surface area contributed by atoms with Gasteiger partial charge in [-0.3, -0.25) is 4.99 Å². The summed E-state index contributed by atoms with van der Waals surface area (Å²) in [6, 6.07) is 0.365. The van der Waals surface area contributed by atoms with E-state index in [1.807, 2.05) is 0 Å². The molecule has 0 heterocycles. The van der Waals surface area contributed by atoms with Gasteiger partial charge in [-0.2, -0.15) is 0 Å². The Morgan fingerprint density at radius 1 is 1.56 bits per heavy atom. The van der Waals surface area contributed by atoms with Gasteiger partial charge < -0.3 is 5.73 Å². The van der Waals surface area contributed by atoms with Crippen molar-refractivity contribution in [2.75, 3.05) is 6.54 Å². The molecule has 0 aliphatic heterocycles. The van der Waals surface area contributed by atoms with E-state index in [4.69, 9.17) is 5.73 Å². The lowest BCUT2D eigenvalue weighted by Gasteiger charge is -2.04. The van der Waals surface area contributed by atoms with Crippen molar-refractivity contribution in [3.63, 3.8) is 0 Å². The van der Waals surface area contributed by atoms with Crippen LogP contribution >= 0.6 is 0 Å².